The molecule has 1 nitrogen and oxygen atoms in total. The molecule has 1 aromatic rings. The van der Waals surface area contributed by atoms with Crippen LogP contribution in [0.15, 0.2) is 27.1 Å². The van der Waals surface area contributed by atoms with Gasteiger partial charge < -0.3 is 0 Å². The minimum Gasteiger partial charge on any atom is -0.294 e. The van der Waals surface area contributed by atoms with Crippen molar-refractivity contribution in [3.05, 3.63) is 32.7 Å². The molecule has 0 heterocycles. The topological polar surface area (TPSA) is 17.1 Å². The summed E-state index contributed by atoms with van der Waals surface area (Å²) in [7, 11) is 0. The third kappa shape index (κ3) is 4.79. The molecule has 0 aliphatic carbocycles. The minimum atomic E-state index is 0.205. The van der Waals surface area contributed by atoms with Gasteiger partial charge in [0, 0.05) is 20.9 Å². The lowest BCUT2D eigenvalue weighted by Crippen LogP contribution is -2.09. The normalized spacial score (nSPS) is 11.6. The van der Waals surface area contributed by atoms with E-state index in [0.29, 0.717) is 6.42 Å². The van der Waals surface area contributed by atoms with Crippen molar-refractivity contribution in [1.82, 2.24) is 0 Å². The first-order valence-electron chi connectivity index (χ1n) is 5.27. The maximum atomic E-state index is 12.0. The molecular weight excluding hydrogens is 332 g/mol. The van der Waals surface area contributed by atoms with Crippen LogP contribution in [-0.4, -0.2) is 5.78 Å². The molecule has 0 aliphatic rings. The zero-order valence-corrected chi connectivity index (χ0v) is 13.0. The van der Waals surface area contributed by atoms with Crippen LogP contribution in [0.5, 0.6) is 0 Å². The highest BCUT2D eigenvalue weighted by Gasteiger charge is 2.14. The van der Waals surface area contributed by atoms with Crippen molar-refractivity contribution >= 4 is 37.6 Å². The average Bonchev–Trinajstić information content (AvgIpc) is 2.11. The Morgan fingerprint density at radius 2 is 1.62 bits per heavy atom. The third-order valence-corrected chi connectivity index (χ3v) is 3.20. The number of Topliss-reactive ketones (excluding diaryl/α,β-unsaturated/α-hetero) is 1. The number of rotatable bonds is 3. The first-order chi connectivity index (χ1) is 7.28. The molecule has 1 rings (SSSR count). The quantitative estimate of drug-likeness (QED) is 0.685. The van der Waals surface area contributed by atoms with Crippen LogP contribution in [0.4, 0.5) is 0 Å². The fraction of sp³-hybridized carbons (Fsp3) is 0.462. The van der Waals surface area contributed by atoms with Gasteiger partial charge in [-0.15, -0.1) is 0 Å². The van der Waals surface area contributed by atoms with E-state index in [1.54, 1.807) is 0 Å². The Morgan fingerprint density at radius 1 is 1.12 bits per heavy atom. The second-order valence-electron chi connectivity index (χ2n) is 5.14. The van der Waals surface area contributed by atoms with Crippen molar-refractivity contribution in [1.29, 1.82) is 0 Å². The molecular formula is C13H16Br2O. The molecule has 0 aromatic heterocycles. The summed E-state index contributed by atoms with van der Waals surface area (Å²) in [6, 6.07) is 5.67. The summed E-state index contributed by atoms with van der Waals surface area (Å²) in [5.41, 5.74) is 0.976. The van der Waals surface area contributed by atoms with E-state index < -0.39 is 0 Å². The lowest BCUT2D eigenvalue weighted by molar-refractivity contribution is 0.0966. The summed E-state index contributed by atoms with van der Waals surface area (Å²) in [4.78, 5) is 12.0. The molecule has 0 saturated carbocycles. The number of hydrogen-bond acceptors (Lipinski definition) is 1. The van der Waals surface area contributed by atoms with Crippen LogP contribution in [0, 0.1) is 5.41 Å². The van der Waals surface area contributed by atoms with Gasteiger partial charge in [-0.3, -0.25) is 4.79 Å². The van der Waals surface area contributed by atoms with Gasteiger partial charge in [-0.1, -0.05) is 52.6 Å². The van der Waals surface area contributed by atoms with Gasteiger partial charge >= 0.3 is 0 Å². The van der Waals surface area contributed by atoms with Gasteiger partial charge in [-0.2, -0.15) is 0 Å². The van der Waals surface area contributed by atoms with Crippen molar-refractivity contribution in [2.45, 2.75) is 33.6 Å². The number of benzene rings is 1. The highest BCUT2D eigenvalue weighted by Crippen LogP contribution is 2.24. The monoisotopic (exact) mass is 346 g/mol. The van der Waals surface area contributed by atoms with Crippen LogP contribution >= 0.6 is 31.9 Å². The van der Waals surface area contributed by atoms with Crippen molar-refractivity contribution in [2.24, 2.45) is 5.41 Å². The molecule has 16 heavy (non-hydrogen) atoms. The molecule has 0 spiro atoms. The lowest BCUT2D eigenvalue weighted by atomic mass is 9.88. The van der Waals surface area contributed by atoms with Gasteiger partial charge in [0.2, 0.25) is 0 Å². The van der Waals surface area contributed by atoms with Gasteiger partial charge in [0.1, 0.15) is 0 Å². The molecule has 0 unspecified atom stereocenters. The van der Waals surface area contributed by atoms with Crippen LogP contribution in [0.3, 0.4) is 0 Å². The Kier molecular flexibility index (Phi) is 4.74. The van der Waals surface area contributed by atoms with Crippen LogP contribution in [0.25, 0.3) is 0 Å². The van der Waals surface area contributed by atoms with Crippen molar-refractivity contribution in [3.63, 3.8) is 0 Å². The molecule has 3 heteroatoms. The van der Waals surface area contributed by atoms with Crippen LogP contribution in [0.1, 0.15) is 44.0 Å². The summed E-state index contributed by atoms with van der Waals surface area (Å²) in [5, 5.41) is 0. The van der Waals surface area contributed by atoms with Crippen molar-refractivity contribution in [3.8, 4) is 0 Å². The van der Waals surface area contributed by atoms with E-state index in [1.807, 2.05) is 18.2 Å². The van der Waals surface area contributed by atoms with Gasteiger partial charge in [0.05, 0.1) is 0 Å². The Labute approximate surface area is 114 Å². The standard InChI is InChI=1S/C13H16Br2O/c1-13(2,3)5-4-12(16)9-6-10(14)8-11(15)7-9/h6-8H,4-5H2,1-3H3. The summed E-state index contributed by atoms with van der Waals surface area (Å²) in [5.74, 6) is 0.205. The number of carbonyl (C=O) groups excluding carboxylic acids is 1. The van der Waals surface area contributed by atoms with E-state index in [-0.39, 0.29) is 11.2 Å². The first-order valence-corrected chi connectivity index (χ1v) is 6.86. The largest absolute Gasteiger partial charge is 0.294 e. The lowest BCUT2D eigenvalue weighted by Gasteiger charge is -2.17. The van der Waals surface area contributed by atoms with Crippen molar-refractivity contribution < 1.29 is 4.79 Å². The SMILES string of the molecule is CC(C)(C)CCC(=O)c1cc(Br)cc(Br)c1. The van der Waals surface area contributed by atoms with E-state index in [2.05, 4.69) is 52.6 Å². The highest BCUT2D eigenvalue weighted by molar-refractivity contribution is 9.11. The van der Waals surface area contributed by atoms with Crippen LogP contribution in [-0.2, 0) is 0 Å². The number of ketones is 1. The molecule has 0 amide bonds. The minimum absolute atomic E-state index is 0.205. The Bertz CT molecular complexity index is 371. The molecule has 0 N–H and O–H groups in total. The molecule has 0 fully saturated rings. The van der Waals surface area contributed by atoms with E-state index in [9.17, 15) is 4.79 Å². The summed E-state index contributed by atoms with van der Waals surface area (Å²) < 4.78 is 1.86. The number of halogens is 2. The van der Waals surface area contributed by atoms with Gasteiger partial charge in [-0.05, 0) is 30.0 Å². The van der Waals surface area contributed by atoms with Gasteiger partial charge in [-0.25, -0.2) is 0 Å². The zero-order chi connectivity index (χ0) is 12.3. The smallest absolute Gasteiger partial charge is 0.162 e. The fourth-order valence-corrected chi connectivity index (χ4v) is 2.64. The van der Waals surface area contributed by atoms with Gasteiger partial charge in [0.25, 0.3) is 0 Å². The van der Waals surface area contributed by atoms with Crippen LogP contribution in [0.2, 0.25) is 0 Å². The second kappa shape index (κ2) is 5.46. The highest BCUT2D eigenvalue weighted by atomic mass is 79.9. The predicted molar refractivity (Wildman–Crippen MR) is 74.9 cm³/mol. The summed E-state index contributed by atoms with van der Waals surface area (Å²) >= 11 is 6.78. The second-order valence-corrected chi connectivity index (χ2v) is 6.97. The van der Waals surface area contributed by atoms with E-state index in [1.165, 1.54) is 0 Å². The first kappa shape index (κ1) is 13.9. The van der Waals surface area contributed by atoms with Crippen molar-refractivity contribution in [2.75, 3.05) is 0 Å². The summed E-state index contributed by atoms with van der Waals surface area (Å²) in [6.07, 6.45) is 1.52. The van der Waals surface area contributed by atoms with E-state index >= 15 is 0 Å². The molecule has 0 saturated heterocycles. The molecule has 1 aromatic carbocycles. The molecule has 0 radical (unpaired) electrons. The fourth-order valence-electron chi connectivity index (χ4n) is 1.35. The van der Waals surface area contributed by atoms with Gasteiger partial charge in [0.15, 0.2) is 5.78 Å². The average molecular weight is 348 g/mol. The third-order valence-electron chi connectivity index (χ3n) is 2.29. The van der Waals surface area contributed by atoms with Crippen LogP contribution < -0.4 is 0 Å². The molecule has 0 aliphatic heterocycles. The van der Waals surface area contributed by atoms with E-state index in [4.69, 9.17) is 0 Å². The number of hydrogen-bond donors (Lipinski definition) is 0. The predicted octanol–water partition coefficient (Wildman–Crippen LogP) is 5.22. The Morgan fingerprint density at radius 3 is 2.06 bits per heavy atom. The Balaban J connectivity index is 2.73. The zero-order valence-electron chi connectivity index (χ0n) is 9.81. The maximum Gasteiger partial charge on any atom is 0.162 e. The maximum absolute atomic E-state index is 12.0. The Hall–Kier alpha value is -0.150. The molecule has 0 bridgehead atoms. The summed E-state index contributed by atoms with van der Waals surface area (Å²) in [6.45, 7) is 6.45. The number of carbonyl (C=O) groups is 1. The molecule has 0 atom stereocenters. The van der Waals surface area contributed by atoms with E-state index in [0.717, 1.165) is 20.9 Å². The molecule has 88 valence electrons.